The maximum absolute atomic E-state index is 14.5. The molecule has 1 N–H and O–H groups in total. The molecule has 1 saturated carbocycles. The van der Waals surface area contributed by atoms with Crippen molar-refractivity contribution in [1.29, 1.82) is 0 Å². The van der Waals surface area contributed by atoms with Crippen molar-refractivity contribution < 1.29 is 24.2 Å². The lowest BCUT2D eigenvalue weighted by molar-refractivity contribution is -0.129. The fraction of sp³-hybridized carbons (Fsp3) is 0.333. The Kier molecular flexibility index (Phi) is 7.82. The number of phenolic OH excluding ortho intramolecular Hbond substituents is 1. The standard InChI is InChI=1S/C39H38N6O8/c1-21-17-22(11-12-30(21)46)33-24-13-16-43-37(50)42(15-14-26-35(48)41(3)29-20-32(53-5)31(52-4)19-27(29)40-26)38(51)45(43)28(24)18-25-34(47)44(36(49)39(25,33)2)23-9-7-6-8-10-23/h6-13,17,19-20,25,28,33,46H,14-16,18H2,1-5H3. The normalized spacial score (nSPS) is 22.0. The number of methoxy groups -OCH3 is 2. The van der Waals surface area contributed by atoms with Crippen molar-refractivity contribution in [1.82, 2.24) is 23.5 Å². The zero-order valence-corrected chi connectivity index (χ0v) is 29.9. The number of amides is 2. The molecule has 0 bridgehead atoms. The predicted molar refractivity (Wildman–Crippen MR) is 195 cm³/mol. The number of hydrogen-bond acceptors (Lipinski definition) is 9. The third-order valence-electron chi connectivity index (χ3n) is 11.4. The van der Waals surface area contributed by atoms with Crippen LogP contribution in [0.5, 0.6) is 17.2 Å². The number of hydrogen-bond donors (Lipinski definition) is 1. The molecule has 3 aliphatic rings. The van der Waals surface area contributed by atoms with E-state index in [1.165, 1.54) is 33.1 Å². The molecule has 0 radical (unpaired) electrons. The van der Waals surface area contributed by atoms with E-state index in [0.29, 0.717) is 33.8 Å². The van der Waals surface area contributed by atoms with Gasteiger partial charge in [-0.3, -0.25) is 14.4 Å². The topological polar surface area (TPSA) is 160 Å². The number of carbonyl (C=O) groups excluding carboxylic acids is 2. The molecule has 2 amide bonds. The van der Waals surface area contributed by atoms with Gasteiger partial charge in [0.1, 0.15) is 11.4 Å². The Balaban J connectivity index is 1.20. The molecule has 0 spiro atoms. The van der Waals surface area contributed by atoms with Crippen LogP contribution in [0.1, 0.15) is 42.1 Å². The van der Waals surface area contributed by atoms with Crippen molar-refractivity contribution in [2.75, 3.05) is 19.1 Å². The Morgan fingerprint density at radius 2 is 1.66 bits per heavy atom. The van der Waals surface area contributed by atoms with Crippen molar-refractivity contribution in [3.8, 4) is 17.2 Å². The van der Waals surface area contributed by atoms with Gasteiger partial charge in [-0.15, -0.1) is 0 Å². The smallest absolute Gasteiger partial charge is 0.347 e. The highest BCUT2D eigenvalue weighted by Gasteiger charge is 2.65. The van der Waals surface area contributed by atoms with Crippen LogP contribution in [0.15, 0.2) is 86.7 Å². The van der Waals surface area contributed by atoms with E-state index in [1.54, 1.807) is 62.5 Å². The van der Waals surface area contributed by atoms with Gasteiger partial charge in [-0.1, -0.05) is 36.4 Å². The first kappa shape index (κ1) is 33.9. The average molecular weight is 719 g/mol. The van der Waals surface area contributed by atoms with E-state index in [4.69, 9.17) is 9.47 Å². The number of aromatic nitrogens is 5. The van der Waals surface area contributed by atoms with Gasteiger partial charge in [0.2, 0.25) is 11.8 Å². The third kappa shape index (κ3) is 4.84. The van der Waals surface area contributed by atoms with Crippen molar-refractivity contribution in [3.63, 3.8) is 0 Å². The van der Waals surface area contributed by atoms with Crippen molar-refractivity contribution >= 4 is 28.5 Å². The maximum atomic E-state index is 14.5. The summed E-state index contributed by atoms with van der Waals surface area (Å²) in [6.45, 7) is 3.51. The number of allylic oxidation sites excluding steroid dienone is 2. The number of ether oxygens (including phenoxy) is 2. The second-order valence-electron chi connectivity index (χ2n) is 14.1. The summed E-state index contributed by atoms with van der Waals surface area (Å²) in [5, 5.41) is 10.4. The number of rotatable bonds is 7. The largest absolute Gasteiger partial charge is 0.508 e. The Labute approximate surface area is 302 Å². The van der Waals surface area contributed by atoms with E-state index in [-0.39, 0.29) is 54.7 Å². The molecule has 53 heavy (non-hydrogen) atoms. The predicted octanol–water partition coefficient (Wildman–Crippen LogP) is 3.20. The molecule has 14 nitrogen and oxygen atoms in total. The summed E-state index contributed by atoms with van der Waals surface area (Å²) >= 11 is 0. The van der Waals surface area contributed by atoms with Gasteiger partial charge in [0.15, 0.2) is 11.5 Å². The number of carbonyl (C=O) groups is 2. The molecular formula is C39H38N6O8. The molecular weight excluding hydrogens is 680 g/mol. The van der Waals surface area contributed by atoms with Crippen LogP contribution in [0.3, 0.4) is 0 Å². The number of aromatic hydroxyl groups is 1. The van der Waals surface area contributed by atoms with Crippen LogP contribution in [0.4, 0.5) is 5.69 Å². The Morgan fingerprint density at radius 3 is 2.36 bits per heavy atom. The minimum atomic E-state index is -1.22. The number of phenols is 1. The van der Waals surface area contributed by atoms with Gasteiger partial charge in [0.25, 0.3) is 5.56 Å². The average Bonchev–Trinajstić information content (AvgIpc) is 3.52. The highest BCUT2D eigenvalue weighted by Crippen LogP contribution is 2.61. The molecule has 8 rings (SSSR count). The first-order chi connectivity index (χ1) is 25.4. The molecule has 3 aromatic carbocycles. The number of fused-ring (bicyclic) bond motifs is 5. The highest BCUT2D eigenvalue weighted by atomic mass is 16.5. The van der Waals surface area contributed by atoms with E-state index in [0.717, 1.165) is 15.7 Å². The summed E-state index contributed by atoms with van der Waals surface area (Å²) in [7, 11) is 4.62. The molecule has 4 heterocycles. The lowest BCUT2D eigenvalue weighted by Gasteiger charge is -2.47. The summed E-state index contributed by atoms with van der Waals surface area (Å²) in [6.07, 6.45) is 2.00. The van der Waals surface area contributed by atoms with Crippen molar-refractivity contribution in [3.05, 3.63) is 120 Å². The highest BCUT2D eigenvalue weighted by molar-refractivity contribution is 6.24. The lowest BCUT2D eigenvalue weighted by Crippen LogP contribution is -2.49. The minimum absolute atomic E-state index is 0.00377. The number of anilines is 1. The molecule has 4 unspecified atom stereocenters. The molecule has 5 aromatic rings. The summed E-state index contributed by atoms with van der Waals surface area (Å²) < 4.78 is 16.1. The number of para-hydroxylation sites is 1. The van der Waals surface area contributed by atoms with Gasteiger partial charge in [-0.2, -0.15) is 0 Å². The van der Waals surface area contributed by atoms with E-state index in [9.17, 15) is 29.1 Å². The molecule has 2 aromatic heterocycles. The van der Waals surface area contributed by atoms with Crippen LogP contribution >= 0.6 is 0 Å². The van der Waals surface area contributed by atoms with Crippen LogP contribution in [0, 0.1) is 18.3 Å². The molecule has 14 heteroatoms. The summed E-state index contributed by atoms with van der Waals surface area (Å²) in [5.74, 6) is -1.21. The van der Waals surface area contributed by atoms with Crippen LogP contribution < -0.4 is 31.3 Å². The Bertz CT molecular complexity index is 2580. The lowest BCUT2D eigenvalue weighted by atomic mass is 9.56. The third-order valence-corrected chi connectivity index (χ3v) is 11.4. The van der Waals surface area contributed by atoms with E-state index in [2.05, 4.69) is 4.98 Å². The Hall–Kier alpha value is -6.18. The minimum Gasteiger partial charge on any atom is -0.508 e. The number of aryl methyl sites for hydroxylation is 3. The molecule has 1 saturated heterocycles. The fourth-order valence-electron chi connectivity index (χ4n) is 8.67. The fourth-order valence-corrected chi connectivity index (χ4v) is 8.67. The van der Waals surface area contributed by atoms with Gasteiger partial charge < -0.3 is 19.1 Å². The maximum Gasteiger partial charge on any atom is 0.347 e. The first-order valence-corrected chi connectivity index (χ1v) is 17.4. The second kappa shape index (κ2) is 12.2. The van der Waals surface area contributed by atoms with Crippen LogP contribution in [-0.4, -0.2) is 54.6 Å². The monoisotopic (exact) mass is 718 g/mol. The van der Waals surface area contributed by atoms with Crippen LogP contribution in [-0.2, 0) is 36.1 Å². The summed E-state index contributed by atoms with van der Waals surface area (Å²) in [4.78, 5) is 76.3. The summed E-state index contributed by atoms with van der Waals surface area (Å²) in [5.41, 5.74) is 0.961. The van der Waals surface area contributed by atoms with Gasteiger partial charge in [-0.25, -0.2) is 33.4 Å². The van der Waals surface area contributed by atoms with Crippen molar-refractivity contribution in [2.24, 2.45) is 18.4 Å². The zero-order valence-electron chi connectivity index (χ0n) is 29.9. The Morgan fingerprint density at radius 1 is 0.943 bits per heavy atom. The molecule has 2 aliphatic heterocycles. The zero-order chi connectivity index (χ0) is 37.5. The van der Waals surface area contributed by atoms with E-state index < -0.39 is 34.7 Å². The van der Waals surface area contributed by atoms with Gasteiger partial charge >= 0.3 is 11.4 Å². The molecule has 2 fully saturated rings. The van der Waals surface area contributed by atoms with Crippen molar-refractivity contribution in [2.45, 2.75) is 51.7 Å². The van der Waals surface area contributed by atoms with Crippen LogP contribution in [0.2, 0.25) is 0 Å². The van der Waals surface area contributed by atoms with Gasteiger partial charge in [0, 0.05) is 38.1 Å². The first-order valence-electron chi connectivity index (χ1n) is 17.4. The molecule has 1 aliphatic carbocycles. The molecule has 272 valence electrons. The van der Waals surface area contributed by atoms with E-state index >= 15 is 0 Å². The SMILES string of the molecule is COc1cc2nc(CCn3c(=O)n4n(c3=O)C3CC5C(=O)N(c6ccccc6)C(=O)C5(C)C(c5ccc(O)c(C)c5)C3=CC4)c(=O)n(C)c2cc1OC. The summed E-state index contributed by atoms with van der Waals surface area (Å²) in [6, 6.07) is 16.5. The second-order valence-corrected chi connectivity index (χ2v) is 14.1. The quantitative estimate of drug-likeness (QED) is 0.197. The van der Waals surface area contributed by atoms with Gasteiger partial charge in [-0.05, 0) is 55.2 Å². The number of nitrogens with zero attached hydrogens (tertiary/aromatic N) is 6. The number of benzene rings is 3. The van der Waals surface area contributed by atoms with Crippen LogP contribution in [0.25, 0.3) is 11.0 Å². The molecule has 4 atom stereocenters. The number of imide groups is 1. The van der Waals surface area contributed by atoms with E-state index in [1.807, 2.05) is 25.1 Å². The van der Waals surface area contributed by atoms with Gasteiger partial charge in [0.05, 0.1) is 54.9 Å².